The number of hydrogen-bond donors (Lipinski definition) is 1. The standard InChI is InChI=1S/C17H20F12NO2/c1-12(2)4-8(9(14(18,19)20)15(21,22)23)5-13(3,6-12)7-30-11(31)32-10(16(24,25)26)17(27,28)29/h9-10H,4-7H2,1-3H3,(H,30,31). The van der Waals surface area contributed by atoms with Crippen molar-refractivity contribution in [1.82, 2.24) is 5.32 Å². The Labute approximate surface area is 174 Å². The van der Waals surface area contributed by atoms with Crippen LogP contribution in [0.2, 0.25) is 0 Å². The van der Waals surface area contributed by atoms with E-state index in [0.29, 0.717) is 0 Å². The van der Waals surface area contributed by atoms with E-state index in [2.05, 4.69) is 4.74 Å². The topological polar surface area (TPSA) is 38.3 Å². The Morgan fingerprint density at radius 3 is 1.66 bits per heavy atom. The van der Waals surface area contributed by atoms with E-state index in [-0.39, 0.29) is 6.42 Å². The van der Waals surface area contributed by atoms with Crippen LogP contribution < -0.4 is 5.32 Å². The number of amides is 1. The van der Waals surface area contributed by atoms with Gasteiger partial charge in [-0.05, 0) is 36.0 Å². The summed E-state index contributed by atoms with van der Waals surface area (Å²) in [7, 11) is 0. The minimum absolute atomic E-state index is 0.0752. The highest BCUT2D eigenvalue weighted by Gasteiger charge is 2.63. The highest BCUT2D eigenvalue weighted by Crippen LogP contribution is 2.57. The third kappa shape index (κ3) is 7.78. The van der Waals surface area contributed by atoms with Crippen molar-refractivity contribution in [2.75, 3.05) is 6.54 Å². The Kier molecular flexibility index (Phi) is 7.70. The average molecular weight is 498 g/mol. The Hall–Kier alpha value is -1.57. The molecule has 0 spiro atoms. The zero-order valence-corrected chi connectivity index (χ0v) is 16.8. The number of carbonyl (C=O) groups excluding carboxylic acids is 1. The minimum atomic E-state index is -5.99. The zero-order valence-electron chi connectivity index (χ0n) is 16.8. The van der Waals surface area contributed by atoms with Crippen LogP contribution in [0.3, 0.4) is 0 Å². The monoisotopic (exact) mass is 498 g/mol. The van der Waals surface area contributed by atoms with Gasteiger partial charge in [0.15, 0.2) is 5.92 Å². The van der Waals surface area contributed by atoms with Crippen LogP contribution in [0.15, 0.2) is 0 Å². The molecule has 1 aliphatic carbocycles. The molecule has 3 nitrogen and oxygen atoms in total. The number of ether oxygens (including phenoxy) is 1. The molecule has 0 saturated heterocycles. The molecular weight excluding hydrogens is 478 g/mol. The van der Waals surface area contributed by atoms with E-state index in [9.17, 15) is 57.5 Å². The van der Waals surface area contributed by atoms with E-state index in [1.54, 1.807) is 5.32 Å². The second-order valence-electron chi connectivity index (χ2n) is 8.90. The summed E-state index contributed by atoms with van der Waals surface area (Å²) < 4.78 is 157. The van der Waals surface area contributed by atoms with Crippen molar-refractivity contribution in [3.63, 3.8) is 0 Å². The van der Waals surface area contributed by atoms with Crippen LogP contribution in [0.4, 0.5) is 57.5 Å². The second-order valence-corrected chi connectivity index (χ2v) is 8.90. The predicted molar refractivity (Wildman–Crippen MR) is 85.0 cm³/mol. The van der Waals surface area contributed by atoms with Crippen molar-refractivity contribution < 1.29 is 62.2 Å². The summed E-state index contributed by atoms with van der Waals surface area (Å²) in [5, 5.41) is 1.61. The molecule has 1 atom stereocenters. The van der Waals surface area contributed by atoms with Gasteiger partial charge in [0, 0.05) is 6.54 Å². The van der Waals surface area contributed by atoms with Gasteiger partial charge in [0.2, 0.25) is 0 Å². The first-order chi connectivity index (χ1) is 13.9. The Bertz CT molecular complexity index is 636. The molecule has 0 bridgehead atoms. The summed E-state index contributed by atoms with van der Waals surface area (Å²) >= 11 is 0. The van der Waals surface area contributed by atoms with Crippen molar-refractivity contribution in [2.45, 2.75) is 70.8 Å². The first kappa shape index (κ1) is 28.5. The molecule has 1 radical (unpaired) electrons. The maximum absolute atomic E-state index is 13.1. The maximum atomic E-state index is 13.1. The van der Waals surface area contributed by atoms with Crippen LogP contribution in [0.5, 0.6) is 0 Å². The number of halogens is 12. The van der Waals surface area contributed by atoms with Crippen LogP contribution >= 0.6 is 0 Å². The Morgan fingerprint density at radius 1 is 0.844 bits per heavy atom. The molecule has 1 N–H and O–H groups in total. The fraction of sp³-hybridized carbons (Fsp3) is 0.882. The quantitative estimate of drug-likeness (QED) is 0.437. The number of alkyl halides is 12. The van der Waals surface area contributed by atoms with Gasteiger partial charge in [-0.3, -0.25) is 0 Å². The van der Waals surface area contributed by atoms with Gasteiger partial charge >= 0.3 is 30.8 Å². The van der Waals surface area contributed by atoms with E-state index in [4.69, 9.17) is 0 Å². The normalized spacial score (nSPS) is 23.5. The largest absolute Gasteiger partial charge is 0.434 e. The van der Waals surface area contributed by atoms with Gasteiger partial charge < -0.3 is 10.1 Å². The molecule has 1 saturated carbocycles. The average Bonchev–Trinajstić information content (AvgIpc) is 2.43. The lowest BCUT2D eigenvalue weighted by Crippen LogP contribution is -2.51. The molecular formula is C17H20F12NO2. The minimum Gasteiger partial charge on any atom is -0.427 e. The van der Waals surface area contributed by atoms with Crippen LogP contribution in [0.25, 0.3) is 0 Å². The Balaban J connectivity index is 3.03. The maximum Gasteiger partial charge on any atom is 0.434 e. The lowest BCUT2D eigenvalue weighted by Gasteiger charge is -2.48. The second kappa shape index (κ2) is 8.65. The van der Waals surface area contributed by atoms with E-state index in [1.165, 1.54) is 20.8 Å². The van der Waals surface area contributed by atoms with Gasteiger partial charge in [-0.25, -0.2) is 4.79 Å². The zero-order chi connectivity index (χ0) is 25.6. The molecule has 1 unspecified atom stereocenters. The van der Waals surface area contributed by atoms with Crippen molar-refractivity contribution in [3.8, 4) is 0 Å². The molecule has 1 aliphatic rings. The molecule has 189 valence electrons. The van der Waals surface area contributed by atoms with E-state index >= 15 is 0 Å². The van der Waals surface area contributed by atoms with Gasteiger partial charge in [-0.1, -0.05) is 20.8 Å². The third-order valence-corrected chi connectivity index (χ3v) is 4.81. The predicted octanol–water partition coefficient (Wildman–Crippen LogP) is 6.74. The first-order valence-electron chi connectivity index (χ1n) is 8.93. The fourth-order valence-electron chi connectivity index (χ4n) is 4.24. The fourth-order valence-corrected chi connectivity index (χ4v) is 4.24. The van der Waals surface area contributed by atoms with Crippen LogP contribution in [-0.2, 0) is 4.74 Å². The summed E-state index contributed by atoms with van der Waals surface area (Å²) in [6.07, 6.45) is -31.4. The number of alkyl carbamates (subject to hydrolysis) is 1. The van der Waals surface area contributed by atoms with E-state index in [0.717, 1.165) is 0 Å². The van der Waals surface area contributed by atoms with Crippen LogP contribution in [-0.4, -0.2) is 43.4 Å². The molecule has 0 aromatic heterocycles. The molecule has 15 heteroatoms. The number of nitrogens with one attached hydrogen (secondary N) is 1. The summed E-state index contributed by atoms with van der Waals surface area (Å²) in [6, 6.07) is 0. The van der Waals surface area contributed by atoms with Gasteiger partial charge in [-0.2, -0.15) is 52.7 Å². The number of carbonyl (C=O) groups is 1. The van der Waals surface area contributed by atoms with Crippen molar-refractivity contribution >= 4 is 6.09 Å². The third-order valence-electron chi connectivity index (χ3n) is 4.81. The molecule has 1 rings (SSSR count). The van der Waals surface area contributed by atoms with Crippen LogP contribution in [0.1, 0.15) is 40.0 Å². The van der Waals surface area contributed by atoms with Gasteiger partial charge in [0.05, 0.1) is 0 Å². The molecule has 0 aliphatic heterocycles. The molecule has 1 amide bonds. The highest BCUT2D eigenvalue weighted by atomic mass is 19.4. The lowest BCUT2D eigenvalue weighted by molar-refractivity contribution is -0.307. The van der Waals surface area contributed by atoms with Gasteiger partial charge in [-0.15, -0.1) is 0 Å². The SMILES string of the molecule is CC1(C)C[C](C(C(F)(F)F)C(F)(F)F)CC(C)(CNC(=O)OC(C(F)(F)F)C(F)(F)F)C1. The van der Waals surface area contributed by atoms with E-state index in [1.807, 2.05) is 0 Å². The summed E-state index contributed by atoms with van der Waals surface area (Å²) in [5.74, 6) is -4.71. The summed E-state index contributed by atoms with van der Waals surface area (Å²) in [6.45, 7) is 3.07. The van der Waals surface area contributed by atoms with Gasteiger partial charge in [0.25, 0.3) is 6.10 Å². The van der Waals surface area contributed by atoms with Crippen molar-refractivity contribution in [3.05, 3.63) is 5.92 Å². The van der Waals surface area contributed by atoms with Gasteiger partial charge in [0.1, 0.15) is 0 Å². The molecule has 0 aromatic rings. The summed E-state index contributed by atoms with van der Waals surface area (Å²) in [4.78, 5) is 11.5. The molecule has 0 heterocycles. The number of hydrogen-bond acceptors (Lipinski definition) is 2. The highest BCUT2D eigenvalue weighted by molar-refractivity contribution is 5.67. The van der Waals surface area contributed by atoms with E-state index < -0.39 is 79.0 Å². The molecule has 0 aromatic carbocycles. The molecule has 32 heavy (non-hydrogen) atoms. The smallest absolute Gasteiger partial charge is 0.427 e. The van der Waals surface area contributed by atoms with Crippen molar-refractivity contribution in [2.24, 2.45) is 16.7 Å². The number of rotatable bonds is 4. The first-order valence-corrected chi connectivity index (χ1v) is 8.93. The van der Waals surface area contributed by atoms with Crippen molar-refractivity contribution in [1.29, 1.82) is 0 Å². The molecule has 1 fully saturated rings. The van der Waals surface area contributed by atoms with Crippen LogP contribution in [0, 0.1) is 22.7 Å². The Morgan fingerprint density at radius 2 is 1.28 bits per heavy atom. The summed E-state index contributed by atoms with van der Waals surface area (Å²) in [5.41, 5.74) is -2.67. The lowest BCUT2D eigenvalue weighted by atomic mass is 9.58.